The van der Waals surface area contributed by atoms with Crippen LogP contribution in [0, 0.1) is 6.61 Å². The van der Waals surface area contributed by atoms with E-state index in [-0.39, 0.29) is 0 Å². The molecule has 1 atom stereocenters. The van der Waals surface area contributed by atoms with Gasteiger partial charge in [0.25, 0.3) is 0 Å². The molecule has 1 unspecified atom stereocenters. The first-order chi connectivity index (χ1) is 2.43. The molecule has 1 aliphatic heterocycles. The topological polar surface area (TPSA) is 12.5 Å². The average Bonchev–Trinajstić information content (AvgIpc) is 2.12. The monoisotopic (exact) mass is 89.0 g/mol. The molecule has 30 valence electrons. The van der Waals surface area contributed by atoms with E-state index >= 15 is 0 Å². The maximum atomic E-state index is 4.70. The summed E-state index contributed by atoms with van der Waals surface area (Å²) in [7, 11) is 0. The summed E-state index contributed by atoms with van der Waals surface area (Å²) < 4.78 is 4.70. The van der Waals surface area contributed by atoms with E-state index in [1.165, 1.54) is 0 Å². The van der Waals surface area contributed by atoms with Crippen LogP contribution in [-0.2, 0) is 4.74 Å². The lowest BCUT2D eigenvalue weighted by molar-refractivity contribution is 0.488. The van der Waals surface area contributed by atoms with Crippen molar-refractivity contribution in [2.75, 3.05) is 6.26 Å². The van der Waals surface area contributed by atoms with Gasteiger partial charge < -0.3 is 4.74 Å². The Kier molecular flexibility index (Phi) is 0.830. The molecular formula is C3H5OS-. The van der Waals surface area contributed by atoms with E-state index in [4.69, 9.17) is 4.74 Å². The van der Waals surface area contributed by atoms with Crippen LogP contribution in [0.5, 0.6) is 0 Å². The van der Waals surface area contributed by atoms with Crippen molar-refractivity contribution in [2.24, 2.45) is 0 Å². The van der Waals surface area contributed by atoms with Gasteiger partial charge in [0.1, 0.15) is 0 Å². The highest BCUT2D eigenvalue weighted by Crippen LogP contribution is 2.25. The summed E-state index contributed by atoms with van der Waals surface area (Å²) in [6.45, 7) is 1.81. The minimum absolute atomic E-state index is 0.426. The third-order valence-electron chi connectivity index (χ3n) is 0.480. The molecule has 5 heavy (non-hydrogen) atoms. The Morgan fingerprint density at radius 1 is 2.00 bits per heavy atom. The first-order valence-corrected chi connectivity index (χ1v) is 2.74. The van der Waals surface area contributed by atoms with Crippen molar-refractivity contribution in [2.45, 2.75) is 5.44 Å². The zero-order valence-electron chi connectivity index (χ0n) is 2.97. The second kappa shape index (κ2) is 1.19. The van der Waals surface area contributed by atoms with Gasteiger partial charge in [-0.3, -0.25) is 0 Å². The lowest BCUT2D eigenvalue weighted by Crippen LogP contribution is -1.61. The van der Waals surface area contributed by atoms with Crippen LogP contribution in [0.4, 0.5) is 0 Å². The highest BCUT2D eigenvalue weighted by Gasteiger charge is 2.01. The second-order valence-electron chi connectivity index (χ2n) is 0.876. The fourth-order valence-electron chi connectivity index (χ4n) is 0.143. The molecule has 0 aromatic rings. The van der Waals surface area contributed by atoms with E-state index in [1.807, 2.05) is 12.9 Å². The van der Waals surface area contributed by atoms with Crippen LogP contribution in [-0.4, -0.2) is 11.7 Å². The van der Waals surface area contributed by atoms with E-state index in [2.05, 4.69) is 0 Å². The fraction of sp³-hybridized carbons (Fsp3) is 0.667. The Bertz CT molecular complexity index is 33.9. The van der Waals surface area contributed by atoms with Gasteiger partial charge in [0.15, 0.2) is 0 Å². The molecule has 0 spiro atoms. The van der Waals surface area contributed by atoms with Crippen molar-refractivity contribution in [1.82, 2.24) is 0 Å². The number of thioether (sulfide) groups is 1. The Morgan fingerprint density at radius 2 is 2.60 bits per heavy atom. The van der Waals surface area contributed by atoms with Gasteiger partial charge in [-0.1, -0.05) is 0 Å². The Balaban J connectivity index is 2.00. The maximum absolute atomic E-state index is 4.70. The smallest absolute Gasteiger partial charge is 0.0186 e. The van der Waals surface area contributed by atoms with Crippen molar-refractivity contribution >= 4 is 11.8 Å². The Hall–Kier alpha value is 0.310. The van der Waals surface area contributed by atoms with E-state index in [0.717, 1.165) is 0 Å². The average molecular weight is 89.1 g/mol. The molecule has 0 aromatic heterocycles. The molecule has 1 heterocycles. The summed E-state index contributed by atoms with van der Waals surface area (Å²) in [5.74, 6) is 0. The van der Waals surface area contributed by atoms with Gasteiger partial charge in [0.05, 0.1) is 0 Å². The van der Waals surface area contributed by atoms with Crippen LogP contribution in [0.15, 0.2) is 0 Å². The third-order valence-corrected chi connectivity index (χ3v) is 1.17. The van der Waals surface area contributed by atoms with E-state index in [9.17, 15) is 0 Å². The highest BCUT2D eigenvalue weighted by molar-refractivity contribution is 7.99. The molecule has 2 heteroatoms. The van der Waals surface area contributed by atoms with E-state index in [0.29, 0.717) is 5.44 Å². The molecule has 0 N–H and O–H groups in total. The van der Waals surface area contributed by atoms with Crippen LogP contribution < -0.4 is 0 Å². The van der Waals surface area contributed by atoms with Gasteiger partial charge >= 0.3 is 0 Å². The molecule has 0 amide bonds. The molecule has 1 nitrogen and oxygen atoms in total. The maximum Gasteiger partial charge on any atom is -0.0186 e. The van der Waals surface area contributed by atoms with Gasteiger partial charge in [-0.05, 0) is 11.7 Å². The van der Waals surface area contributed by atoms with Crippen LogP contribution in [0.3, 0.4) is 0 Å². The molecule has 1 saturated heterocycles. The van der Waals surface area contributed by atoms with Crippen molar-refractivity contribution in [3.8, 4) is 0 Å². The summed E-state index contributed by atoms with van der Waals surface area (Å²) in [4.78, 5) is 0. The largest absolute Gasteiger partial charge is 0.561 e. The van der Waals surface area contributed by atoms with Crippen molar-refractivity contribution in [3.05, 3.63) is 6.61 Å². The molecule has 0 aliphatic carbocycles. The summed E-state index contributed by atoms with van der Waals surface area (Å²) in [5.41, 5.74) is 0.426. The zero-order chi connectivity index (χ0) is 3.70. The molecule has 0 aromatic carbocycles. The van der Waals surface area contributed by atoms with Crippen LogP contribution in [0.1, 0.15) is 0 Å². The molecule has 1 rings (SSSR count). The number of hydrogen-bond acceptors (Lipinski definition) is 2. The van der Waals surface area contributed by atoms with Crippen LogP contribution >= 0.6 is 11.8 Å². The van der Waals surface area contributed by atoms with Crippen molar-refractivity contribution in [3.63, 3.8) is 0 Å². The Labute approximate surface area is 35.7 Å². The number of hydrogen-bond donors (Lipinski definition) is 0. The van der Waals surface area contributed by atoms with E-state index in [1.54, 1.807) is 11.8 Å². The minimum atomic E-state index is 0.426. The lowest BCUT2D eigenvalue weighted by atomic mass is 11.0. The second-order valence-corrected chi connectivity index (χ2v) is 1.81. The lowest BCUT2D eigenvalue weighted by Gasteiger charge is -1.81. The molecule has 0 saturated carbocycles. The van der Waals surface area contributed by atoms with Crippen LogP contribution in [0.2, 0.25) is 0 Å². The Morgan fingerprint density at radius 3 is 2.60 bits per heavy atom. The fourth-order valence-corrected chi connectivity index (χ4v) is 0.430. The van der Waals surface area contributed by atoms with Gasteiger partial charge in [-0.15, -0.1) is 0 Å². The molecule has 0 bridgehead atoms. The van der Waals surface area contributed by atoms with Crippen molar-refractivity contribution < 1.29 is 4.74 Å². The standard InChI is InChI=1S/C3H5OS/c1-5-3-2-4-3/h2-3H,1H3/q-1. The summed E-state index contributed by atoms with van der Waals surface area (Å²) in [6, 6.07) is 0. The number of ether oxygens (including phenoxy) is 1. The first-order valence-electron chi connectivity index (χ1n) is 1.45. The molecule has 1 fully saturated rings. The number of rotatable bonds is 1. The highest BCUT2D eigenvalue weighted by atomic mass is 32.2. The molecule has 0 radical (unpaired) electrons. The third kappa shape index (κ3) is 0.816. The molecular weight excluding hydrogens is 84.1 g/mol. The minimum Gasteiger partial charge on any atom is -0.561 e. The van der Waals surface area contributed by atoms with Crippen molar-refractivity contribution in [1.29, 1.82) is 0 Å². The summed E-state index contributed by atoms with van der Waals surface area (Å²) >= 11 is 1.71. The van der Waals surface area contributed by atoms with Gasteiger partial charge in [0, 0.05) is 0 Å². The number of epoxide rings is 1. The van der Waals surface area contributed by atoms with Gasteiger partial charge in [0.2, 0.25) is 0 Å². The normalized spacial score (nSPS) is 34.2. The predicted octanol–water partition coefficient (Wildman–Crippen LogP) is 0.867. The van der Waals surface area contributed by atoms with Crippen LogP contribution in [0.25, 0.3) is 0 Å². The summed E-state index contributed by atoms with van der Waals surface area (Å²) in [6.07, 6.45) is 2.02. The van der Waals surface area contributed by atoms with Gasteiger partial charge in [-0.2, -0.15) is 18.4 Å². The first kappa shape index (κ1) is 3.50. The van der Waals surface area contributed by atoms with E-state index < -0.39 is 0 Å². The van der Waals surface area contributed by atoms with Gasteiger partial charge in [-0.25, -0.2) is 0 Å². The molecule has 1 aliphatic rings. The quantitative estimate of drug-likeness (QED) is 0.349. The predicted molar refractivity (Wildman–Crippen MR) is 22.7 cm³/mol. The summed E-state index contributed by atoms with van der Waals surface area (Å²) in [5, 5.41) is 0. The zero-order valence-corrected chi connectivity index (χ0v) is 3.79. The SMILES string of the molecule is CSC1[CH-]O1.